The van der Waals surface area contributed by atoms with Crippen LogP contribution in [0.15, 0.2) is 18.2 Å². The summed E-state index contributed by atoms with van der Waals surface area (Å²) < 4.78 is 25.5. The van der Waals surface area contributed by atoms with Crippen LogP contribution in [0.3, 0.4) is 0 Å². The summed E-state index contributed by atoms with van der Waals surface area (Å²) in [5.41, 5.74) is 0.645. The Bertz CT molecular complexity index is 317. The van der Waals surface area contributed by atoms with E-state index in [1.165, 1.54) is 12.1 Å². The molecule has 0 heterocycles. The zero-order chi connectivity index (χ0) is 11.3. The maximum Gasteiger partial charge on any atom is 0.160 e. The highest BCUT2D eigenvalue weighted by Crippen LogP contribution is 2.16. The minimum atomic E-state index is -0.832. The molecule has 0 aliphatic rings. The summed E-state index contributed by atoms with van der Waals surface area (Å²) in [6.07, 6.45) is 1.54. The van der Waals surface area contributed by atoms with Crippen molar-refractivity contribution < 1.29 is 13.9 Å². The minimum Gasteiger partial charge on any atom is -0.396 e. The molecule has 1 aromatic rings. The Kier molecular flexibility index (Phi) is 4.49. The molecule has 1 N–H and O–H groups in total. The first-order valence-electron chi connectivity index (χ1n) is 4.92. The topological polar surface area (TPSA) is 23.5 Å². The summed E-state index contributed by atoms with van der Waals surface area (Å²) in [5, 5.41) is 8.60. The fourth-order valence-corrected chi connectivity index (χ4v) is 1.31. The highest BCUT2D eigenvalue weighted by Gasteiger charge is 2.05. The molecule has 0 fully saturated rings. The number of aliphatic hydroxyl groups is 1. The molecule has 0 unspecified atom stereocenters. The van der Waals surface area contributed by atoms with Crippen LogP contribution in [0.25, 0.3) is 0 Å². The zero-order valence-corrected chi connectivity index (χ0v) is 8.71. The number of hydrogen-bond donors (Lipinski definition) is 1. The van der Waals surface area contributed by atoms with Crippen molar-refractivity contribution in [1.82, 2.24) is 0 Å². The van der Waals surface area contributed by atoms with Crippen LogP contribution in [-0.2, 0) is 0 Å². The first-order chi connectivity index (χ1) is 7.15. The molecular weight excluding hydrogens is 200 g/mol. The standard InChI is InChI=1S/C11H15F2NO/c1-14(6-2-3-7-15)9-4-5-10(12)11(13)8-9/h4-5,8,15H,2-3,6-7H2,1H3. The number of aliphatic hydroxyl groups excluding tert-OH is 1. The highest BCUT2D eigenvalue weighted by atomic mass is 19.2. The van der Waals surface area contributed by atoms with Gasteiger partial charge in [-0.1, -0.05) is 0 Å². The van der Waals surface area contributed by atoms with Gasteiger partial charge in [0.1, 0.15) is 0 Å². The van der Waals surface area contributed by atoms with Crippen molar-refractivity contribution in [3.8, 4) is 0 Å². The highest BCUT2D eigenvalue weighted by molar-refractivity contribution is 5.45. The molecule has 0 spiro atoms. The Morgan fingerprint density at radius 1 is 1.20 bits per heavy atom. The van der Waals surface area contributed by atoms with Gasteiger partial charge in [-0.25, -0.2) is 8.78 Å². The van der Waals surface area contributed by atoms with E-state index < -0.39 is 11.6 Å². The Hall–Kier alpha value is -1.16. The van der Waals surface area contributed by atoms with Crippen LogP contribution in [0, 0.1) is 11.6 Å². The summed E-state index contributed by atoms with van der Waals surface area (Å²) in [4.78, 5) is 1.83. The fourth-order valence-electron chi connectivity index (χ4n) is 1.31. The lowest BCUT2D eigenvalue weighted by Gasteiger charge is -2.19. The fraction of sp³-hybridized carbons (Fsp3) is 0.455. The van der Waals surface area contributed by atoms with Crippen molar-refractivity contribution in [2.24, 2.45) is 0 Å². The molecule has 0 bridgehead atoms. The van der Waals surface area contributed by atoms with Crippen molar-refractivity contribution in [2.45, 2.75) is 12.8 Å². The second kappa shape index (κ2) is 5.66. The van der Waals surface area contributed by atoms with E-state index in [0.29, 0.717) is 18.7 Å². The van der Waals surface area contributed by atoms with E-state index in [1.54, 1.807) is 0 Å². The van der Waals surface area contributed by atoms with Crippen LogP contribution in [0.5, 0.6) is 0 Å². The summed E-state index contributed by atoms with van der Waals surface area (Å²) in [7, 11) is 1.81. The maximum absolute atomic E-state index is 12.9. The van der Waals surface area contributed by atoms with Crippen molar-refractivity contribution in [1.29, 1.82) is 0 Å². The monoisotopic (exact) mass is 215 g/mol. The maximum atomic E-state index is 12.9. The molecule has 1 rings (SSSR count). The van der Waals surface area contributed by atoms with Gasteiger partial charge in [0.2, 0.25) is 0 Å². The summed E-state index contributed by atoms with van der Waals surface area (Å²) in [5.74, 6) is -1.66. The van der Waals surface area contributed by atoms with Crippen molar-refractivity contribution in [2.75, 3.05) is 25.1 Å². The van der Waals surface area contributed by atoms with Gasteiger partial charge in [0.05, 0.1) is 0 Å². The normalized spacial score (nSPS) is 10.4. The third-order valence-corrected chi connectivity index (χ3v) is 2.25. The SMILES string of the molecule is CN(CCCCO)c1ccc(F)c(F)c1. The Morgan fingerprint density at radius 2 is 1.93 bits per heavy atom. The number of anilines is 1. The predicted octanol–water partition coefficient (Wildman–Crippen LogP) is 2.17. The molecule has 0 aromatic heterocycles. The first kappa shape index (κ1) is 11.9. The summed E-state index contributed by atoms with van der Waals surface area (Å²) >= 11 is 0. The van der Waals surface area contributed by atoms with E-state index in [9.17, 15) is 8.78 Å². The van der Waals surface area contributed by atoms with Gasteiger partial charge in [-0.15, -0.1) is 0 Å². The first-order valence-corrected chi connectivity index (χ1v) is 4.92. The quantitative estimate of drug-likeness (QED) is 0.761. The van der Waals surface area contributed by atoms with Crippen LogP contribution >= 0.6 is 0 Å². The smallest absolute Gasteiger partial charge is 0.160 e. The molecule has 0 aliphatic heterocycles. The number of benzene rings is 1. The van der Waals surface area contributed by atoms with Gasteiger partial charge in [0.15, 0.2) is 11.6 Å². The number of halogens is 2. The van der Waals surface area contributed by atoms with Crippen LogP contribution in [0.2, 0.25) is 0 Å². The minimum absolute atomic E-state index is 0.158. The molecule has 15 heavy (non-hydrogen) atoms. The Labute approximate surface area is 88.1 Å². The van der Waals surface area contributed by atoms with Crippen LogP contribution in [0.4, 0.5) is 14.5 Å². The summed E-state index contributed by atoms with van der Waals surface area (Å²) in [6.45, 7) is 0.872. The third kappa shape index (κ3) is 3.47. The van der Waals surface area contributed by atoms with E-state index >= 15 is 0 Å². The molecule has 0 radical (unpaired) electrons. The predicted molar refractivity (Wildman–Crippen MR) is 55.9 cm³/mol. The molecule has 1 aromatic carbocycles. The molecular formula is C11H15F2NO. The lowest BCUT2D eigenvalue weighted by Crippen LogP contribution is -2.18. The van der Waals surface area contributed by atoms with Gasteiger partial charge >= 0.3 is 0 Å². The van der Waals surface area contributed by atoms with Crippen molar-refractivity contribution in [3.63, 3.8) is 0 Å². The van der Waals surface area contributed by atoms with Gasteiger partial charge in [-0.2, -0.15) is 0 Å². The van der Waals surface area contributed by atoms with E-state index in [4.69, 9.17) is 5.11 Å². The second-order valence-electron chi connectivity index (χ2n) is 3.45. The zero-order valence-electron chi connectivity index (χ0n) is 8.71. The van der Waals surface area contributed by atoms with Gasteiger partial charge in [0.25, 0.3) is 0 Å². The largest absolute Gasteiger partial charge is 0.396 e. The molecule has 0 saturated carbocycles. The molecule has 0 aliphatic carbocycles. The average molecular weight is 215 g/mol. The van der Waals surface area contributed by atoms with Gasteiger partial charge < -0.3 is 10.0 Å². The molecule has 84 valence electrons. The number of nitrogens with zero attached hydrogens (tertiary/aromatic N) is 1. The molecule has 0 saturated heterocycles. The Balaban J connectivity index is 2.57. The van der Waals surface area contributed by atoms with Gasteiger partial charge in [-0.3, -0.25) is 0 Å². The lowest BCUT2D eigenvalue weighted by atomic mass is 10.2. The van der Waals surface area contributed by atoms with Crippen LogP contribution < -0.4 is 4.90 Å². The second-order valence-corrected chi connectivity index (χ2v) is 3.45. The number of rotatable bonds is 5. The molecule has 4 heteroatoms. The Morgan fingerprint density at radius 3 is 2.53 bits per heavy atom. The molecule has 2 nitrogen and oxygen atoms in total. The van der Waals surface area contributed by atoms with E-state index in [0.717, 1.165) is 12.5 Å². The van der Waals surface area contributed by atoms with E-state index in [-0.39, 0.29) is 6.61 Å². The third-order valence-electron chi connectivity index (χ3n) is 2.25. The number of hydrogen-bond acceptors (Lipinski definition) is 2. The molecule has 0 amide bonds. The number of unbranched alkanes of at least 4 members (excludes halogenated alkanes) is 1. The van der Waals surface area contributed by atoms with Crippen molar-refractivity contribution >= 4 is 5.69 Å². The van der Waals surface area contributed by atoms with Gasteiger partial charge in [-0.05, 0) is 25.0 Å². The van der Waals surface area contributed by atoms with Gasteiger partial charge in [0, 0.05) is 32.0 Å². The summed E-state index contributed by atoms with van der Waals surface area (Å²) in [6, 6.07) is 3.83. The average Bonchev–Trinajstić information content (AvgIpc) is 2.22. The lowest BCUT2D eigenvalue weighted by molar-refractivity contribution is 0.285. The van der Waals surface area contributed by atoms with Crippen LogP contribution in [-0.4, -0.2) is 25.3 Å². The van der Waals surface area contributed by atoms with E-state index in [2.05, 4.69) is 0 Å². The molecule has 0 atom stereocenters. The van der Waals surface area contributed by atoms with Crippen molar-refractivity contribution in [3.05, 3.63) is 29.8 Å². The van der Waals surface area contributed by atoms with E-state index in [1.807, 2.05) is 11.9 Å². The van der Waals surface area contributed by atoms with Crippen LogP contribution in [0.1, 0.15) is 12.8 Å².